The molecule has 5 nitrogen and oxygen atoms in total. The van der Waals surface area contributed by atoms with Crippen LogP contribution in [-0.4, -0.2) is 30.0 Å². The summed E-state index contributed by atoms with van der Waals surface area (Å²) >= 11 is 4.70. The first-order valence-corrected chi connectivity index (χ1v) is 10.2. The van der Waals surface area contributed by atoms with E-state index in [1.807, 2.05) is 31.2 Å². The fraction of sp³-hybridized carbons (Fsp3) is 0.250. The van der Waals surface area contributed by atoms with Crippen molar-refractivity contribution in [2.24, 2.45) is 0 Å². The Bertz CT molecular complexity index is 791. The fourth-order valence-corrected chi connectivity index (χ4v) is 3.09. The van der Waals surface area contributed by atoms with Crippen LogP contribution in [0.4, 0.5) is 5.69 Å². The number of hydrogen-bond acceptors (Lipinski definition) is 5. The SMILES string of the molecule is CCCC(=O)Nc1ccc(C(=O)COC(=O)CSc2ccc(Br)cc2)cc1. The summed E-state index contributed by atoms with van der Waals surface area (Å²) in [6.07, 6.45) is 1.22. The number of thioether (sulfide) groups is 1. The second kappa shape index (κ2) is 10.9. The maximum absolute atomic E-state index is 12.1. The van der Waals surface area contributed by atoms with E-state index in [-0.39, 0.29) is 24.1 Å². The number of ketones is 1. The van der Waals surface area contributed by atoms with Gasteiger partial charge in [-0.15, -0.1) is 11.8 Å². The molecule has 0 aliphatic rings. The Kier molecular flexibility index (Phi) is 8.54. The lowest BCUT2D eigenvalue weighted by Crippen LogP contribution is -2.15. The Morgan fingerprint density at radius 3 is 2.33 bits per heavy atom. The van der Waals surface area contributed by atoms with E-state index in [0.29, 0.717) is 17.7 Å². The average Bonchev–Trinajstić information content (AvgIpc) is 2.66. The van der Waals surface area contributed by atoms with Crippen molar-refractivity contribution in [2.45, 2.75) is 24.7 Å². The normalized spacial score (nSPS) is 10.3. The Morgan fingerprint density at radius 1 is 1.04 bits per heavy atom. The van der Waals surface area contributed by atoms with E-state index < -0.39 is 5.97 Å². The second-order valence-electron chi connectivity index (χ2n) is 5.70. The lowest BCUT2D eigenvalue weighted by molar-refractivity contribution is -0.139. The molecular formula is C20H20BrNO4S. The number of benzene rings is 2. The number of Topliss-reactive ketones (excluding diaryl/α,β-unsaturated/α-hetero) is 1. The van der Waals surface area contributed by atoms with E-state index in [0.717, 1.165) is 15.8 Å². The minimum atomic E-state index is -0.445. The van der Waals surface area contributed by atoms with Crippen LogP contribution in [0.15, 0.2) is 57.9 Å². The molecular weight excluding hydrogens is 430 g/mol. The van der Waals surface area contributed by atoms with Gasteiger partial charge in [0.25, 0.3) is 0 Å². The van der Waals surface area contributed by atoms with Crippen LogP contribution in [0, 0.1) is 0 Å². The average molecular weight is 450 g/mol. The largest absolute Gasteiger partial charge is 0.457 e. The van der Waals surface area contributed by atoms with Crippen LogP contribution in [0.3, 0.4) is 0 Å². The third kappa shape index (κ3) is 7.56. The molecule has 0 heterocycles. The molecule has 2 aromatic carbocycles. The highest BCUT2D eigenvalue weighted by atomic mass is 79.9. The van der Waals surface area contributed by atoms with Crippen LogP contribution in [0.5, 0.6) is 0 Å². The molecule has 2 rings (SSSR count). The molecule has 0 aromatic heterocycles. The molecule has 0 unspecified atom stereocenters. The standard InChI is InChI=1S/C20H20BrNO4S/c1-2-3-19(24)22-16-8-4-14(5-9-16)18(23)12-26-20(25)13-27-17-10-6-15(21)7-11-17/h4-11H,2-3,12-13H2,1H3,(H,22,24). The van der Waals surface area contributed by atoms with E-state index in [9.17, 15) is 14.4 Å². The van der Waals surface area contributed by atoms with Gasteiger partial charge in [-0.25, -0.2) is 0 Å². The van der Waals surface area contributed by atoms with Gasteiger partial charge >= 0.3 is 5.97 Å². The quantitative estimate of drug-likeness (QED) is 0.341. The summed E-state index contributed by atoms with van der Waals surface area (Å²) in [5, 5.41) is 2.75. The number of carbonyl (C=O) groups is 3. The van der Waals surface area contributed by atoms with E-state index >= 15 is 0 Å². The molecule has 0 spiro atoms. The van der Waals surface area contributed by atoms with Gasteiger partial charge in [0.2, 0.25) is 5.91 Å². The van der Waals surface area contributed by atoms with Crippen LogP contribution in [0.1, 0.15) is 30.1 Å². The van der Waals surface area contributed by atoms with Gasteiger partial charge in [0.1, 0.15) is 0 Å². The van der Waals surface area contributed by atoms with Gasteiger partial charge in [-0.2, -0.15) is 0 Å². The van der Waals surface area contributed by atoms with E-state index in [1.54, 1.807) is 24.3 Å². The van der Waals surface area contributed by atoms with E-state index in [2.05, 4.69) is 21.2 Å². The van der Waals surface area contributed by atoms with Gasteiger partial charge < -0.3 is 10.1 Å². The second-order valence-corrected chi connectivity index (χ2v) is 7.67. The predicted octanol–water partition coefficient (Wildman–Crippen LogP) is 4.71. The third-order valence-corrected chi connectivity index (χ3v) is 5.02. The van der Waals surface area contributed by atoms with Crippen LogP contribution in [0.25, 0.3) is 0 Å². The van der Waals surface area contributed by atoms with Gasteiger partial charge in [0.15, 0.2) is 12.4 Å². The number of carbonyl (C=O) groups excluding carboxylic acids is 3. The molecule has 0 fully saturated rings. The number of ether oxygens (including phenoxy) is 1. The van der Waals surface area contributed by atoms with Crippen molar-refractivity contribution >= 4 is 51.0 Å². The number of hydrogen-bond donors (Lipinski definition) is 1. The van der Waals surface area contributed by atoms with Crippen LogP contribution in [-0.2, 0) is 14.3 Å². The molecule has 142 valence electrons. The van der Waals surface area contributed by atoms with Crippen molar-refractivity contribution in [1.82, 2.24) is 0 Å². The Labute approximate surface area is 171 Å². The monoisotopic (exact) mass is 449 g/mol. The molecule has 7 heteroatoms. The smallest absolute Gasteiger partial charge is 0.316 e. The van der Waals surface area contributed by atoms with Crippen LogP contribution < -0.4 is 5.32 Å². The van der Waals surface area contributed by atoms with Crippen LogP contribution in [0.2, 0.25) is 0 Å². The zero-order valence-corrected chi connectivity index (χ0v) is 17.3. The van der Waals surface area contributed by atoms with Gasteiger partial charge in [0.05, 0.1) is 5.75 Å². The molecule has 0 bridgehead atoms. The molecule has 0 radical (unpaired) electrons. The first kappa shape index (κ1) is 21.2. The lowest BCUT2D eigenvalue weighted by atomic mass is 10.1. The van der Waals surface area contributed by atoms with E-state index in [4.69, 9.17) is 4.74 Å². The number of rotatable bonds is 9. The maximum Gasteiger partial charge on any atom is 0.316 e. The first-order chi connectivity index (χ1) is 13.0. The van der Waals surface area contributed by atoms with Crippen molar-refractivity contribution in [1.29, 1.82) is 0 Å². The molecule has 0 aliphatic heterocycles. The molecule has 0 aliphatic carbocycles. The highest BCUT2D eigenvalue weighted by Crippen LogP contribution is 2.20. The zero-order chi connectivity index (χ0) is 19.6. The van der Waals surface area contributed by atoms with E-state index in [1.165, 1.54) is 11.8 Å². The van der Waals surface area contributed by atoms with Crippen molar-refractivity contribution in [2.75, 3.05) is 17.7 Å². The number of nitrogens with one attached hydrogen (secondary N) is 1. The molecule has 27 heavy (non-hydrogen) atoms. The lowest BCUT2D eigenvalue weighted by Gasteiger charge is -2.07. The summed E-state index contributed by atoms with van der Waals surface area (Å²) in [4.78, 5) is 36.4. The molecule has 0 saturated carbocycles. The molecule has 2 aromatic rings. The highest BCUT2D eigenvalue weighted by Gasteiger charge is 2.11. The highest BCUT2D eigenvalue weighted by molar-refractivity contribution is 9.10. The predicted molar refractivity (Wildman–Crippen MR) is 110 cm³/mol. The molecule has 0 saturated heterocycles. The number of amides is 1. The van der Waals surface area contributed by atoms with Crippen LogP contribution >= 0.6 is 27.7 Å². The van der Waals surface area contributed by atoms with Crippen molar-refractivity contribution in [3.05, 3.63) is 58.6 Å². The Hall–Kier alpha value is -2.12. The minimum Gasteiger partial charge on any atom is -0.457 e. The minimum absolute atomic E-state index is 0.0613. The van der Waals surface area contributed by atoms with Gasteiger partial charge in [0, 0.05) is 27.0 Å². The van der Waals surface area contributed by atoms with Crippen molar-refractivity contribution < 1.29 is 19.1 Å². The van der Waals surface area contributed by atoms with Gasteiger partial charge in [-0.05, 0) is 55.0 Å². The first-order valence-electron chi connectivity index (χ1n) is 8.45. The number of halogens is 1. The summed E-state index contributed by atoms with van der Waals surface area (Å²) in [6, 6.07) is 14.1. The summed E-state index contributed by atoms with van der Waals surface area (Å²) in [7, 11) is 0. The zero-order valence-electron chi connectivity index (χ0n) is 14.9. The summed E-state index contributed by atoms with van der Waals surface area (Å²) in [5.41, 5.74) is 1.06. The van der Waals surface area contributed by atoms with Crippen molar-refractivity contribution in [3.8, 4) is 0 Å². The topological polar surface area (TPSA) is 72.5 Å². The molecule has 0 atom stereocenters. The van der Waals surface area contributed by atoms with Gasteiger partial charge in [-0.1, -0.05) is 22.9 Å². The maximum atomic E-state index is 12.1. The fourth-order valence-electron chi connectivity index (χ4n) is 2.13. The summed E-state index contributed by atoms with van der Waals surface area (Å²) in [6.45, 7) is 1.63. The summed E-state index contributed by atoms with van der Waals surface area (Å²) < 4.78 is 6.01. The Balaban J connectivity index is 1.76. The van der Waals surface area contributed by atoms with Crippen molar-refractivity contribution in [3.63, 3.8) is 0 Å². The number of anilines is 1. The number of esters is 1. The van der Waals surface area contributed by atoms with Gasteiger partial charge in [-0.3, -0.25) is 14.4 Å². The molecule has 1 N–H and O–H groups in total. The molecule has 1 amide bonds. The Morgan fingerprint density at radius 2 is 1.70 bits per heavy atom. The summed E-state index contributed by atoms with van der Waals surface area (Å²) in [5.74, 6) is -0.658. The third-order valence-electron chi connectivity index (χ3n) is 3.50.